The lowest BCUT2D eigenvalue weighted by Gasteiger charge is -2.28. The third-order valence-corrected chi connectivity index (χ3v) is 4.14. The molecule has 0 atom stereocenters. The molecule has 0 unspecified atom stereocenters. The van der Waals surface area contributed by atoms with Gasteiger partial charge in [-0.15, -0.1) is 0 Å². The quantitative estimate of drug-likeness (QED) is 0.361. The second-order valence-electron chi connectivity index (χ2n) is 5.86. The first kappa shape index (κ1) is 16.2. The van der Waals surface area contributed by atoms with Crippen molar-refractivity contribution in [3.63, 3.8) is 0 Å². The van der Waals surface area contributed by atoms with Gasteiger partial charge in [-0.2, -0.15) is 0 Å². The molecule has 5 nitrogen and oxygen atoms in total. The summed E-state index contributed by atoms with van der Waals surface area (Å²) in [5.74, 6) is -0.757. The van der Waals surface area contributed by atoms with Crippen LogP contribution in [0.2, 0.25) is 0 Å². The standard InChI is InChI=1S/C17H22N2O3/c1-19(2)12-14(16(21)22-3)15(20)17(8-4-5-9-17)13-7-6-10-18-11-13/h6-7,10-12H,4-5,8-9H2,1-3H3. The number of pyridine rings is 1. The van der Waals surface area contributed by atoms with Gasteiger partial charge in [0.2, 0.25) is 0 Å². The van der Waals surface area contributed by atoms with Crippen molar-refractivity contribution < 1.29 is 14.3 Å². The minimum Gasteiger partial charge on any atom is -0.465 e. The molecule has 5 heteroatoms. The molecule has 0 N–H and O–H groups in total. The van der Waals surface area contributed by atoms with Crippen molar-refractivity contribution in [2.24, 2.45) is 0 Å². The third-order valence-electron chi connectivity index (χ3n) is 4.14. The molecule has 0 amide bonds. The van der Waals surface area contributed by atoms with E-state index in [1.54, 1.807) is 37.6 Å². The van der Waals surface area contributed by atoms with Gasteiger partial charge in [0.05, 0.1) is 12.5 Å². The fraction of sp³-hybridized carbons (Fsp3) is 0.471. The van der Waals surface area contributed by atoms with Crippen molar-refractivity contribution in [2.45, 2.75) is 31.1 Å². The molecular weight excluding hydrogens is 280 g/mol. The van der Waals surface area contributed by atoms with Crippen LogP contribution in [0.15, 0.2) is 36.3 Å². The number of hydrogen-bond donors (Lipinski definition) is 0. The van der Waals surface area contributed by atoms with E-state index in [0.29, 0.717) is 0 Å². The van der Waals surface area contributed by atoms with Gasteiger partial charge in [-0.3, -0.25) is 9.78 Å². The van der Waals surface area contributed by atoms with E-state index in [4.69, 9.17) is 4.74 Å². The molecule has 2 rings (SSSR count). The molecule has 22 heavy (non-hydrogen) atoms. The average Bonchev–Trinajstić information content (AvgIpc) is 3.03. The maximum Gasteiger partial charge on any atom is 0.343 e. The molecular formula is C17H22N2O3. The molecule has 1 aliphatic carbocycles. The first-order valence-corrected chi connectivity index (χ1v) is 7.43. The molecule has 0 saturated heterocycles. The number of hydrogen-bond acceptors (Lipinski definition) is 5. The Morgan fingerprint density at radius 1 is 1.32 bits per heavy atom. The molecule has 0 bridgehead atoms. The molecule has 0 radical (unpaired) electrons. The second-order valence-corrected chi connectivity index (χ2v) is 5.86. The lowest BCUT2D eigenvalue weighted by atomic mass is 9.73. The highest BCUT2D eigenvalue weighted by molar-refractivity contribution is 6.21. The summed E-state index contributed by atoms with van der Waals surface area (Å²) in [6.07, 6.45) is 8.37. The van der Waals surface area contributed by atoms with E-state index in [0.717, 1.165) is 31.2 Å². The van der Waals surface area contributed by atoms with Gasteiger partial charge < -0.3 is 9.64 Å². The number of carbonyl (C=O) groups excluding carboxylic acids is 2. The van der Waals surface area contributed by atoms with Crippen molar-refractivity contribution in [2.75, 3.05) is 21.2 Å². The monoisotopic (exact) mass is 302 g/mol. The molecule has 1 aromatic rings. The van der Waals surface area contributed by atoms with E-state index in [1.807, 2.05) is 12.1 Å². The summed E-state index contributed by atoms with van der Waals surface area (Å²) in [5.41, 5.74) is 0.314. The molecule has 1 fully saturated rings. The van der Waals surface area contributed by atoms with E-state index < -0.39 is 11.4 Å². The van der Waals surface area contributed by atoms with Gasteiger partial charge in [-0.25, -0.2) is 4.79 Å². The van der Waals surface area contributed by atoms with Gasteiger partial charge in [-0.05, 0) is 24.5 Å². The SMILES string of the molecule is COC(=O)C(=CN(C)C)C(=O)C1(c2cccnc2)CCCC1. The fourth-order valence-corrected chi connectivity index (χ4v) is 3.10. The number of Topliss-reactive ketones (excluding diaryl/α,β-unsaturated/α-hetero) is 1. The van der Waals surface area contributed by atoms with Gasteiger partial charge in [0.15, 0.2) is 5.78 Å². The normalized spacial score (nSPS) is 17.1. The molecule has 1 heterocycles. The van der Waals surface area contributed by atoms with Crippen LogP contribution in [0.1, 0.15) is 31.2 Å². The van der Waals surface area contributed by atoms with Crippen LogP contribution in [0.3, 0.4) is 0 Å². The van der Waals surface area contributed by atoms with Crippen LogP contribution < -0.4 is 0 Å². The molecule has 0 aromatic carbocycles. The first-order valence-electron chi connectivity index (χ1n) is 7.43. The lowest BCUT2D eigenvalue weighted by molar-refractivity contribution is -0.138. The first-order chi connectivity index (χ1) is 10.5. The molecule has 0 aliphatic heterocycles. The Kier molecular flexibility index (Phi) is 4.96. The van der Waals surface area contributed by atoms with Gasteiger partial charge in [0.1, 0.15) is 5.57 Å². The Morgan fingerprint density at radius 2 is 2.00 bits per heavy atom. The highest BCUT2D eigenvalue weighted by Crippen LogP contribution is 2.43. The van der Waals surface area contributed by atoms with Gasteiger partial charge in [-0.1, -0.05) is 18.9 Å². The Hall–Kier alpha value is -2.17. The number of esters is 1. The number of methoxy groups -OCH3 is 1. The van der Waals surface area contributed by atoms with Crippen LogP contribution in [-0.4, -0.2) is 42.8 Å². The minimum absolute atomic E-state index is 0.0956. The van der Waals surface area contributed by atoms with Crippen LogP contribution in [0.25, 0.3) is 0 Å². The Labute approximate surface area is 131 Å². The molecule has 118 valence electrons. The Balaban J connectivity index is 2.48. The predicted molar refractivity (Wildman–Crippen MR) is 83.2 cm³/mol. The highest BCUT2D eigenvalue weighted by Gasteiger charge is 2.45. The van der Waals surface area contributed by atoms with E-state index in [2.05, 4.69) is 4.98 Å². The summed E-state index contributed by atoms with van der Waals surface area (Å²) in [7, 11) is 4.85. The molecule has 1 saturated carbocycles. The summed E-state index contributed by atoms with van der Waals surface area (Å²) >= 11 is 0. The predicted octanol–water partition coefficient (Wildman–Crippen LogP) is 2.08. The van der Waals surface area contributed by atoms with E-state index in [9.17, 15) is 9.59 Å². The fourth-order valence-electron chi connectivity index (χ4n) is 3.10. The van der Waals surface area contributed by atoms with Crippen molar-refractivity contribution in [3.8, 4) is 0 Å². The number of carbonyl (C=O) groups is 2. The summed E-state index contributed by atoms with van der Waals surface area (Å²) < 4.78 is 4.80. The van der Waals surface area contributed by atoms with Crippen LogP contribution in [-0.2, 0) is 19.7 Å². The van der Waals surface area contributed by atoms with Crippen molar-refractivity contribution in [3.05, 3.63) is 41.9 Å². The maximum atomic E-state index is 13.2. The zero-order valence-corrected chi connectivity index (χ0v) is 13.3. The smallest absolute Gasteiger partial charge is 0.343 e. The topological polar surface area (TPSA) is 59.5 Å². The lowest BCUT2D eigenvalue weighted by Crippen LogP contribution is -2.37. The number of ketones is 1. The number of ether oxygens (including phenoxy) is 1. The van der Waals surface area contributed by atoms with Crippen LogP contribution >= 0.6 is 0 Å². The highest BCUT2D eigenvalue weighted by atomic mass is 16.5. The van der Waals surface area contributed by atoms with Crippen LogP contribution in [0.5, 0.6) is 0 Å². The molecule has 0 spiro atoms. The van der Waals surface area contributed by atoms with Crippen LogP contribution in [0, 0.1) is 0 Å². The molecule has 1 aromatic heterocycles. The minimum atomic E-state index is -0.662. The average molecular weight is 302 g/mol. The largest absolute Gasteiger partial charge is 0.465 e. The summed E-state index contributed by atoms with van der Waals surface area (Å²) in [6.45, 7) is 0. The van der Waals surface area contributed by atoms with E-state index in [1.165, 1.54) is 7.11 Å². The van der Waals surface area contributed by atoms with Crippen molar-refractivity contribution >= 4 is 11.8 Å². The van der Waals surface area contributed by atoms with Crippen molar-refractivity contribution in [1.82, 2.24) is 9.88 Å². The van der Waals surface area contributed by atoms with E-state index in [-0.39, 0.29) is 11.4 Å². The van der Waals surface area contributed by atoms with E-state index >= 15 is 0 Å². The Morgan fingerprint density at radius 3 is 2.50 bits per heavy atom. The third kappa shape index (κ3) is 3.03. The van der Waals surface area contributed by atoms with Gasteiger partial charge in [0.25, 0.3) is 0 Å². The number of rotatable bonds is 5. The number of aromatic nitrogens is 1. The van der Waals surface area contributed by atoms with Crippen LogP contribution in [0.4, 0.5) is 0 Å². The van der Waals surface area contributed by atoms with Crippen molar-refractivity contribution in [1.29, 1.82) is 0 Å². The van der Waals surface area contributed by atoms with Gasteiger partial charge >= 0.3 is 5.97 Å². The maximum absolute atomic E-state index is 13.2. The summed E-state index contributed by atoms with van der Waals surface area (Å²) in [5, 5.41) is 0. The summed E-state index contributed by atoms with van der Waals surface area (Å²) in [4.78, 5) is 31.1. The van der Waals surface area contributed by atoms with Gasteiger partial charge in [0, 0.05) is 32.7 Å². The Bertz CT molecular complexity index is 573. The summed E-state index contributed by atoms with van der Waals surface area (Å²) in [6, 6.07) is 3.75. The number of nitrogens with zero attached hydrogens (tertiary/aromatic N) is 2. The second kappa shape index (κ2) is 6.73. The zero-order chi connectivity index (χ0) is 16.2. The molecule has 1 aliphatic rings. The zero-order valence-electron chi connectivity index (χ0n) is 13.3.